The monoisotopic (exact) mass is 277 g/mol. The van der Waals surface area contributed by atoms with Gasteiger partial charge in [-0.05, 0) is 31.9 Å². The van der Waals surface area contributed by atoms with Gasteiger partial charge in [-0.25, -0.2) is 0 Å². The number of aliphatic hydroxyl groups is 1. The summed E-state index contributed by atoms with van der Waals surface area (Å²) in [7, 11) is 0. The highest BCUT2D eigenvalue weighted by Gasteiger charge is 2.31. The molecule has 1 aromatic carbocycles. The zero-order chi connectivity index (χ0) is 14.6. The SMILES string of the molecule is Cc1ccc(O)c(C(=O)NCC2(CO)CCCCC2)c1. The summed E-state index contributed by atoms with van der Waals surface area (Å²) in [6.07, 6.45) is 5.31. The van der Waals surface area contributed by atoms with Gasteiger partial charge < -0.3 is 15.5 Å². The Morgan fingerprint density at radius 2 is 2.00 bits per heavy atom. The molecule has 1 aromatic rings. The molecule has 20 heavy (non-hydrogen) atoms. The van der Waals surface area contributed by atoms with Crippen molar-refractivity contribution < 1.29 is 15.0 Å². The third-order valence-electron chi connectivity index (χ3n) is 4.27. The van der Waals surface area contributed by atoms with Gasteiger partial charge in [0, 0.05) is 12.0 Å². The average Bonchev–Trinajstić information content (AvgIpc) is 2.48. The number of carbonyl (C=O) groups excluding carboxylic acids is 1. The van der Waals surface area contributed by atoms with E-state index in [-0.39, 0.29) is 23.7 Å². The first kappa shape index (κ1) is 14.9. The summed E-state index contributed by atoms with van der Waals surface area (Å²) < 4.78 is 0. The normalized spacial score (nSPS) is 17.7. The lowest BCUT2D eigenvalue weighted by atomic mass is 9.74. The van der Waals surface area contributed by atoms with Gasteiger partial charge >= 0.3 is 0 Å². The molecule has 0 spiro atoms. The lowest BCUT2D eigenvalue weighted by Gasteiger charge is -2.35. The molecule has 1 saturated carbocycles. The van der Waals surface area contributed by atoms with E-state index < -0.39 is 0 Å². The van der Waals surface area contributed by atoms with Crippen LogP contribution in [0.25, 0.3) is 0 Å². The summed E-state index contributed by atoms with van der Waals surface area (Å²) in [5.41, 5.74) is 1.05. The number of phenols is 1. The number of phenolic OH excluding ortho intramolecular Hbond substituents is 1. The Balaban J connectivity index is 2.02. The maximum atomic E-state index is 12.2. The fourth-order valence-corrected chi connectivity index (χ4v) is 2.89. The highest BCUT2D eigenvalue weighted by Crippen LogP contribution is 2.35. The molecular weight excluding hydrogens is 254 g/mol. The van der Waals surface area contributed by atoms with E-state index in [2.05, 4.69) is 5.32 Å². The van der Waals surface area contributed by atoms with Crippen molar-refractivity contribution in [3.63, 3.8) is 0 Å². The second kappa shape index (κ2) is 6.27. The van der Waals surface area contributed by atoms with Gasteiger partial charge in [-0.15, -0.1) is 0 Å². The van der Waals surface area contributed by atoms with Crippen LogP contribution in [0.5, 0.6) is 5.75 Å². The van der Waals surface area contributed by atoms with Crippen LogP contribution in [0.15, 0.2) is 18.2 Å². The van der Waals surface area contributed by atoms with Crippen LogP contribution in [-0.4, -0.2) is 29.3 Å². The largest absolute Gasteiger partial charge is 0.507 e. The molecule has 4 nitrogen and oxygen atoms in total. The van der Waals surface area contributed by atoms with Gasteiger partial charge in [-0.1, -0.05) is 30.9 Å². The van der Waals surface area contributed by atoms with Crippen LogP contribution >= 0.6 is 0 Å². The van der Waals surface area contributed by atoms with Gasteiger partial charge in [0.05, 0.1) is 12.2 Å². The fourth-order valence-electron chi connectivity index (χ4n) is 2.89. The van der Waals surface area contributed by atoms with Gasteiger partial charge in [0.1, 0.15) is 5.75 Å². The van der Waals surface area contributed by atoms with Crippen molar-refractivity contribution in [3.05, 3.63) is 29.3 Å². The standard InChI is InChI=1S/C16H23NO3/c1-12-5-6-14(19)13(9-12)15(20)17-10-16(11-18)7-3-2-4-8-16/h5-6,9,18-19H,2-4,7-8,10-11H2,1H3,(H,17,20). The van der Waals surface area contributed by atoms with Crippen molar-refractivity contribution in [2.45, 2.75) is 39.0 Å². The van der Waals surface area contributed by atoms with Gasteiger partial charge in [0.15, 0.2) is 0 Å². The van der Waals surface area contributed by atoms with Crippen molar-refractivity contribution in [1.82, 2.24) is 5.32 Å². The number of benzene rings is 1. The second-order valence-corrected chi connectivity index (χ2v) is 5.92. The van der Waals surface area contributed by atoms with Crippen molar-refractivity contribution in [2.75, 3.05) is 13.2 Å². The van der Waals surface area contributed by atoms with Crippen LogP contribution in [-0.2, 0) is 0 Å². The third kappa shape index (κ3) is 3.31. The summed E-state index contributed by atoms with van der Waals surface area (Å²) in [5.74, 6) is -0.278. The van der Waals surface area contributed by atoms with E-state index in [0.29, 0.717) is 12.1 Å². The fraction of sp³-hybridized carbons (Fsp3) is 0.562. The van der Waals surface area contributed by atoms with Crippen LogP contribution in [0.3, 0.4) is 0 Å². The van der Waals surface area contributed by atoms with Crippen molar-refractivity contribution >= 4 is 5.91 Å². The average molecular weight is 277 g/mol. The Morgan fingerprint density at radius 3 is 2.65 bits per heavy atom. The molecule has 0 aromatic heterocycles. The van der Waals surface area contributed by atoms with Crippen LogP contribution in [0.4, 0.5) is 0 Å². The number of amides is 1. The number of aryl methyl sites for hydroxylation is 1. The number of nitrogens with one attached hydrogen (secondary N) is 1. The Kier molecular flexibility index (Phi) is 4.65. The molecule has 3 N–H and O–H groups in total. The quantitative estimate of drug-likeness (QED) is 0.791. The minimum Gasteiger partial charge on any atom is -0.507 e. The number of hydrogen-bond donors (Lipinski definition) is 3. The molecule has 2 rings (SSSR count). The Morgan fingerprint density at radius 1 is 1.30 bits per heavy atom. The maximum absolute atomic E-state index is 12.2. The first-order chi connectivity index (χ1) is 9.56. The number of rotatable bonds is 4. The number of aromatic hydroxyl groups is 1. The summed E-state index contributed by atoms with van der Waals surface area (Å²) in [6, 6.07) is 4.98. The van der Waals surface area contributed by atoms with E-state index in [0.717, 1.165) is 31.2 Å². The number of hydrogen-bond acceptors (Lipinski definition) is 3. The minimum absolute atomic E-state index is 0.00482. The topological polar surface area (TPSA) is 69.6 Å². The zero-order valence-electron chi connectivity index (χ0n) is 12.0. The molecule has 0 aliphatic heterocycles. The van der Waals surface area contributed by atoms with Gasteiger partial charge in [-0.2, -0.15) is 0 Å². The Bertz CT molecular complexity index is 479. The van der Waals surface area contributed by atoms with E-state index in [1.807, 2.05) is 6.92 Å². The van der Waals surface area contributed by atoms with E-state index in [4.69, 9.17) is 0 Å². The molecule has 1 amide bonds. The lowest BCUT2D eigenvalue weighted by molar-refractivity contribution is 0.0717. The predicted octanol–water partition coefficient (Wildman–Crippen LogP) is 2.37. The highest BCUT2D eigenvalue weighted by molar-refractivity contribution is 5.97. The summed E-state index contributed by atoms with van der Waals surface area (Å²) >= 11 is 0. The van der Waals surface area contributed by atoms with E-state index >= 15 is 0 Å². The van der Waals surface area contributed by atoms with E-state index in [9.17, 15) is 15.0 Å². The summed E-state index contributed by atoms with van der Waals surface area (Å²) in [4.78, 5) is 12.2. The number of aliphatic hydroxyl groups excluding tert-OH is 1. The zero-order valence-corrected chi connectivity index (χ0v) is 12.0. The predicted molar refractivity (Wildman–Crippen MR) is 77.8 cm³/mol. The van der Waals surface area contributed by atoms with Gasteiger partial charge in [0.2, 0.25) is 0 Å². The van der Waals surface area contributed by atoms with Crippen molar-refractivity contribution in [3.8, 4) is 5.75 Å². The molecule has 1 fully saturated rings. The molecule has 4 heteroatoms. The van der Waals surface area contributed by atoms with Crippen LogP contribution in [0.2, 0.25) is 0 Å². The third-order valence-corrected chi connectivity index (χ3v) is 4.27. The number of carbonyl (C=O) groups is 1. The molecular formula is C16H23NO3. The van der Waals surface area contributed by atoms with E-state index in [1.54, 1.807) is 12.1 Å². The molecule has 1 aliphatic carbocycles. The molecule has 0 atom stereocenters. The molecule has 0 saturated heterocycles. The Hall–Kier alpha value is -1.55. The molecule has 0 unspecified atom stereocenters. The van der Waals surface area contributed by atoms with Crippen LogP contribution in [0, 0.1) is 12.3 Å². The summed E-state index contributed by atoms with van der Waals surface area (Å²) in [5, 5.41) is 22.2. The molecule has 0 heterocycles. The lowest BCUT2D eigenvalue weighted by Crippen LogP contribution is -2.41. The van der Waals surface area contributed by atoms with Gasteiger partial charge in [0.25, 0.3) is 5.91 Å². The summed E-state index contributed by atoms with van der Waals surface area (Å²) in [6.45, 7) is 2.45. The second-order valence-electron chi connectivity index (χ2n) is 5.92. The van der Waals surface area contributed by atoms with E-state index in [1.165, 1.54) is 12.5 Å². The Labute approximate surface area is 119 Å². The van der Waals surface area contributed by atoms with Crippen LogP contribution < -0.4 is 5.32 Å². The maximum Gasteiger partial charge on any atom is 0.255 e. The van der Waals surface area contributed by atoms with Crippen LogP contribution in [0.1, 0.15) is 48.0 Å². The molecule has 0 bridgehead atoms. The minimum atomic E-state index is -0.274. The molecule has 0 radical (unpaired) electrons. The molecule has 110 valence electrons. The highest BCUT2D eigenvalue weighted by atomic mass is 16.3. The first-order valence-electron chi connectivity index (χ1n) is 7.25. The first-order valence-corrected chi connectivity index (χ1v) is 7.25. The smallest absolute Gasteiger partial charge is 0.255 e. The van der Waals surface area contributed by atoms with Crippen molar-refractivity contribution in [2.24, 2.45) is 5.41 Å². The van der Waals surface area contributed by atoms with Crippen molar-refractivity contribution in [1.29, 1.82) is 0 Å². The van der Waals surface area contributed by atoms with Gasteiger partial charge in [-0.3, -0.25) is 4.79 Å². The molecule has 1 aliphatic rings.